The van der Waals surface area contributed by atoms with Gasteiger partial charge in [0.2, 0.25) is 5.91 Å². The Bertz CT molecular complexity index is 221. The topological polar surface area (TPSA) is 50.4 Å². The Balaban J connectivity index is 2.27. The summed E-state index contributed by atoms with van der Waals surface area (Å²) in [6.07, 6.45) is 2.10. The summed E-state index contributed by atoms with van der Waals surface area (Å²) in [5.41, 5.74) is 0. The number of hydrogen-bond donors (Lipinski definition) is 2. The van der Waals surface area contributed by atoms with Gasteiger partial charge in [0.15, 0.2) is 0 Å². The molecule has 0 bridgehead atoms. The third kappa shape index (κ3) is 4.49. The van der Waals surface area contributed by atoms with Crippen LogP contribution in [0, 0.1) is 5.92 Å². The summed E-state index contributed by atoms with van der Waals surface area (Å²) in [6, 6.07) is 0.0688. The molecule has 1 aliphatic rings. The number of carbonyl (C=O) groups excluding carboxylic acids is 1. The van der Waals surface area contributed by atoms with Gasteiger partial charge in [-0.25, -0.2) is 0 Å². The van der Waals surface area contributed by atoms with Crippen LogP contribution in [0.25, 0.3) is 0 Å². The number of amides is 1. The fraction of sp³-hybridized carbons (Fsp3) is 0.917. The average molecular weight is 228 g/mol. The predicted octanol–water partition coefficient (Wildman–Crippen LogP) is 0.916. The summed E-state index contributed by atoms with van der Waals surface area (Å²) in [5, 5.41) is 6.24. The van der Waals surface area contributed by atoms with Crippen LogP contribution in [0.15, 0.2) is 0 Å². The third-order valence-corrected chi connectivity index (χ3v) is 2.94. The van der Waals surface area contributed by atoms with Crippen LogP contribution in [-0.2, 0) is 9.53 Å². The highest BCUT2D eigenvalue weighted by atomic mass is 16.5. The molecule has 0 aromatic carbocycles. The van der Waals surface area contributed by atoms with E-state index in [-0.39, 0.29) is 18.0 Å². The Labute approximate surface area is 98.1 Å². The van der Waals surface area contributed by atoms with Crippen molar-refractivity contribution in [2.45, 2.75) is 45.7 Å². The largest absolute Gasteiger partial charge is 0.380 e. The van der Waals surface area contributed by atoms with Gasteiger partial charge in [0, 0.05) is 12.6 Å². The van der Waals surface area contributed by atoms with E-state index in [1.807, 2.05) is 13.8 Å². The Morgan fingerprint density at radius 1 is 1.62 bits per heavy atom. The van der Waals surface area contributed by atoms with Crippen LogP contribution in [0.3, 0.4) is 0 Å². The zero-order chi connectivity index (χ0) is 12.0. The van der Waals surface area contributed by atoms with Crippen molar-refractivity contribution in [3.05, 3.63) is 0 Å². The molecule has 0 aliphatic carbocycles. The number of nitrogens with one attached hydrogen (secondary N) is 2. The average Bonchev–Trinajstić information content (AvgIpc) is 2.26. The molecule has 0 radical (unpaired) electrons. The first-order valence-electron chi connectivity index (χ1n) is 6.25. The molecule has 0 aromatic rings. The molecule has 4 heteroatoms. The predicted molar refractivity (Wildman–Crippen MR) is 64.3 cm³/mol. The van der Waals surface area contributed by atoms with Gasteiger partial charge in [0.05, 0.1) is 12.6 Å². The van der Waals surface area contributed by atoms with Gasteiger partial charge >= 0.3 is 0 Å². The molecule has 4 nitrogen and oxygen atoms in total. The van der Waals surface area contributed by atoms with Crippen LogP contribution in [0.5, 0.6) is 0 Å². The van der Waals surface area contributed by atoms with Crippen LogP contribution in [0.1, 0.15) is 33.6 Å². The van der Waals surface area contributed by atoms with Crippen molar-refractivity contribution >= 4 is 5.91 Å². The van der Waals surface area contributed by atoms with Gasteiger partial charge in [-0.3, -0.25) is 4.79 Å². The molecule has 0 spiro atoms. The van der Waals surface area contributed by atoms with E-state index in [4.69, 9.17) is 4.74 Å². The van der Waals surface area contributed by atoms with Crippen molar-refractivity contribution in [1.29, 1.82) is 0 Å². The second kappa shape index (κ2) is 6.86. The molecule has 1 heterocycles. The lowest BCUT2D eigenvalue weighted by atomic mass is 9.94. The molecule has 0 aromatic heterocycles. The van der Waals surface area contributed by atoms with Crippen molar-refractivity contribution < 1.29 is 9.53 Å². The van der Waals surface area contributed by atoms with E-state index in [2.05, 4.69) is 17.6 Å². The lowest BCUT2D eigenvalue weighted by molar-refractivity contribution is -0.125. The molecule has 1 aliphatic heterocycles. The second-order valence-corrected chi connectivity index (χ2v) is 4.71. The number of piperidine rings is 1. The van der Waals surface area contributed by atoms with E-state index in [1.165, 1.54) is 0 Å². The quantitative estimate of drug-likeness (QED) is 0.735. The summed E-state index contributed by atoms with van der Waals surface area (Å²) in [4.78, 5) is 11.9. The van der Waals surface area contributed by atoms with E-state index >= 15 is 0 Å². The fourth-order valence-electron chi connectivity index (χ4n) is 1.99. The molecule has 0 saturated carbocycles. The molecule has 16 heavy (non-hydrogen) atoms. The minimum absolute atomic E-state index is 0.0205. The summed E-state index contributed by atoms with van der Waals surface area (Å²) >= 11 is 0. The number of hydrogen-bond acceptors (Lipinski definition) is 3. The normalized spacial score (nSPS) is 27.4. The van der Waals surface area contributed by atoms with Gasteiger partial charge in [0.25, 0.3) is 0 Å². The van der Waals surface area contributed by atoms with E-state index < -0.39 is 0 Å². The summed E-state index contributed by atoms with van der Waals surface area (Å²) < 4.78 is 5.27. The van der Waals surface area contributed by atoms with Gasteiger partial charge in [-0.1, -0.05) is 6.92 Å². The van der Waals surface area contributed by atoms with Crippen LogP contribution in [0.4, 0.5) is 0 Å². The van der Waals surface area contributed by atoms with Crippen molar-refractivity contribution in [2.24, 2.45) is 5.92 Å². The monoisotopic (exact) mass is 228 g/mol. The van der Waals surface area contributed by atoms with E-state index in [0.29, 0.717) is 19.1 Å². The highest BCUT2D eigenvalue weighted by Gasteiger charge is 2.25. The van der Waals surface area contributed by atoms with Gasteiger partial charge < -0.3 is 15.4 Å². The summed E-state index contributed by atoms with van der Waals surface area (Å²) in [5.74, 6) is 0.748. The van der Waals surface area contributed by atoms with Crippen molar-refractivity contribution in [3.8, 4) is 0 Å². The van der Waals surface area contributed by atoms with Crippen LogP contribution in [-0.4, -0.2) is 37.7 Å². The Hall–Kier alpha value is -0.610. The Morgan fingerprint density at radius 3 is 3.00 bits per heavy atom. The first-order chi connectivity index (χ1) is 7.63. The first kappa shape index (κ1) is 13.5. The third-order valence-electron chi connectivity index (χ3n) is 2.94. The zero-order valence-corrected chi connectivity index (χ0v) is 10.6. The molecule has 3 unspecified atom stereocenters. The Morgan fingerprint density at radius 2 is 2.38 bits per heavy atom. The number of ether oxygens (including phenoxy) is 1. The molecule has 3 atom stereocenters. The first-order valence-corrected chi connectivity index (χ1v) is 6.25. The molecular formula is C12H24N2O2. The summed E-state index contributed by atoms with van der Waals surface area (Å²) in [6.45, 7) is 8.35. The minimum atomic E-state index is -0.0205. The fourth-order valence-corrected chi connectivity index (χ4v) is 1.99. The van der Waals surface area contributed by atoms with Crippen LogP contribution < -0.4 is 10.6 Å². The molecular weight excluding hydrogens is 204 g/mol. The molecule has 1 saturated heterocycles. The van der Waals surface area contributed by atoms with Crippen molar-refractivity contribution in [3.63, 3.8) is 0 Å². The molecule has 1 fully saturated rings. The van der Waals surface area contributed by atoms with E-state index in [0.717, 1.165) is 19.4 Å². The minimum Gasteiger partial charge on any atom is -0.380 e. The van der Waals surface area contributed by atoms with Gasteiger partial charge in [-0.2, -0.15) is 0 Å². The lowest BCUT2D eigenvalue weighted by Crippen LogP contribution is -2.51. The van der Waals surface area contributed by atoms with Gasteiger partial charge in [0.1, 0.15) is 0 Å². The summed E-state index contributed by atoms with van der Waals surface area (Å²) in [7, 11) is 0. The maximum Gasteiger partial charge on any atom is 0.237 e. The maximum atomic E-state index is 11.9. The highest BCUT2D eigenvalue weighted by Crippen LogP contribution is 2.14. The number of carbonyl (C=O) groups is 1. The highest BCUT2D eigenvalue weighted by molar-refractivity contribution is 5.82. The SMILES string of the molecule is CCOCC(C)NC(=O)C1CC(C)CCN1. The maximum absolute atomic E-state index is 11.9. The van der Waals surface area contributed by atoms with E-state index in [9.17, 15) is 4.79 Å². The molecule has 94 valence electrons. The van der Waals surface area contributed by atoms with Crippen LogP contribution >= 0.6 is 0 Å². The standard InChI is InChI=1S/C12H24N2O2/c1-4-16-8-10(3)14-12(15)11-7-9(2)5-6-13-11/h9-11,13H,4-8H2,1-3H3,(H,14,15). The van der Waals surface area contributed by atoms with Gasteiger partial charge in [-0.05, 0) is 39.2 Å². The zero-order valence-electron chi connectivity index (χ0n) is 10.6. The molecule has 1 rings (SSSR count). The van der Waals surface area contributed by atoms with Crippen LogP contribution in [0.2, 0.25) is 0 Å². The smallest absolute Gasteiger partial charge is 0.237 e. The van der Waals surface area contributed by atoms with Crippen molar-refractivity contribution in [1.82, 2.24) is 10.6 Å². The number of rotatable bonds is 5. The lowest BCUT2D eigenvalue weighted by Gasteiger charge is -2.28. The van der Waals surface area contributed by atoms with Gasteiger partial charge in [-0.15, -0.1) is 0 Å². The molecule has 2 N–H and O–H groups in total. The second-order valence-electron chi connectivity index (χ2n) is 4.71. The van der Waals surface area contributed by atoms with E-state index in [1.54, 1.807) is 0 Å². The van der Waals surface area contributed by atoms with Crippen molar-refractivity contribution in [2.75, 3.05) is 19.8 Å². The molecule has 1 amide bonds. The Kier molecular flexibility index (Phi) is 5.77.